The molecule has 0 spiro atoms. The van der Waals surface area contributed by atoms with Crippen molar-refractivity contribution < 1.29 is 8.42 Å². The highest BCUT2D eigenvalue weighted by Gasteiger charge is 2.36. The average Bonchev–Trinajstić information content (AvgIpc) is 2.76. The van der Waals surface area contributed by atoms with Crippen molar-refractivity contribution in [2.24, 2.45) is 0 Å². The summed E-state index contributed by atoms with van der Waals surface area (Å²) in [6.45, 7) is 3.04. The minimum atomic E-state index is -3.84. The van der Waals surface area contributed by atoms with Crippen LogP contribution in [0.5, 0.6) is 0 Å². The van der Waals surface area contributed by atoms with Crippen molar-refractivity contribution in [1.29, 1.82) is 0 Å². The Labute approximate surface area is 203 Å². The second kappa shape index (κ2) is 9.12. The molecule has 32 heavy (non-hydrogen) atoms. The minimum Gasteiger partial charge on any atom is -0.399 e. The van der Waals surface area contributed by atoms with E-state index >= 15 is 0 Å². The molecule has 5 nitrogen and oxygen atoms in total. The number of benzene rings is 3. The predicted molar refractivity (Wildman–Crippen MR) is 132 cm³/mol. The fourth-order valence-corrected chi connectivity index (χ4v) is 6.33. The Bertz CT molecular complexity index is 1250. The first-order chi connectivity index (χ1) is 15.2. The number of hydrogen-bond acceptors (Lipinski definition) is 4. The van der Waals surface area contributed by atoms with E-state index in [9.17, 15) is 8.42 Å². The van der Waals surface area contributed by atoms with Crippen LogP contribution in [0.25, 0.3) is 0 Å². The molecule has 1 heterocycles. The van der Waals surface area contributed by atoms with E-state index in [0.717, 1.165) is 16.8 Å². The number of piperazine rings is 1. The largest absolute Gasteiger partial charge is 0.399 e. The van der Waals surface area contributed by atoms with Gasteiger partial charge in [0.15, 0.2) is 0 Å². The van der Waals surface area contributed by atoms with Crippen molar-refractivity contribution in [2.45, 2.75) is 17.9 Å². The maximum Gasteiger partial charge on any atom is 0.244 e. The summed E-state index contributed by atoms with van der Waals surface area (Å²) in [5, 5.41) is 1.43. The molecule has 1 aliphatic heterocycles. The van der Waals surface area contributed by atoms with Crippen molar-refractivity contribution in [3.8, 4) is 0 Å². The van der Waals surface area contributed by atoms with Crippen LogP contribution in [0.15, 0.2) is 65.6 Å². The molecule has 0 aliphatic carbocycles. The number of hydrogen-bond donors (Lipinski definition) is 1. The maximum atomic E-state index is 13.5. The highest BCUT2D eigenvalue weighted by molar-refractivity contribution is 7.89. The molecule has 3 aromatic carbocycles. The topological polar surface area (TPSA) is 66.6 Å². The normalized spacial score (nSPS) is 17.5. The van der Waals surface area contributed by atoms with E-state index in [-0.39, 0.29) is 22.5 Å². The number of nitrogen functional groups attached to an aromatic ring is 1. The lowest BCUT2D eigenvalue weighted by molar-refractivity contribution is 0.335. The van der Waals surface area contributed by atoms with Crippen LogP contribution in [0, 0.1) is 6.92 Å². The molecule has 0 aromatic heterocycles. The van der Waals surface area contributed by atoms with Crippen LogP contribution >= 0.6 is 34.8 Å². The van der Waals surface area contributed by atoms with E-state index in [1.807, 2.05) is 49.4 Å². The summed E-state index contributed by atoms with van der Waals surface area (Å²) in [7, 11) is -3.84. The first kappa shape index (κ1) is 23.2. The number of nitrogens with zero attached hydrogens (tertiary/aromatic N) is 2. The van der Waals surface area contributed by atoms with Gasteiger partial charge in [0.2, 0.25) is 10.0 Å². The second-order valence-corrected chi connectivity index (χ2v) is 10.9. The fraction of sp³-hybridized carbons (Fsp3) is 0.217. The predicted octanol–water partition coefficient (Wildman–Crippen LogP) is 5.79. The van der Waals surface area contributed by atoms with E-state index < -0.39 is 10.0 Å². The van der Waals surface area contributed by atoms with Gasteiger partial charge in [-0.2, -0.15) is 4.31 Å². The summed E-state index contributed by atoms with van der Waals surface area (Å²) in [5.41, 5.74) is 9.17. The second-order valence-electron chi connectivity index (χ2n) is 7.74. The number of nitrogens with two attached hydrogens (primary N) is 1. The SMILES string of the molecule is Cc1cc(Cl)ccc1N1CCN(S(=O)(=O)c2cc(N)ccc2Cl)CC1c1ccc(Cl)cc1. The summed E-state index contributed by atoms with van der Waals surface area (Å²) in [6.07, 6.45) is 0. The summed E-state index contributed by atoms with van der Waals surface area (Å²) < 4.78 is 28.4. The Morgan fingerprint density at radius 2 is 1.59 bits per heavy atom. The van der Waals surface area contributed by atoms with Crippen LogP contribution < -0.4 is 10.6 Å². The van der Waals surface area contributed by atoms with Crippen LogP contribution in [0.3, 0.4) is 0 Å². The third-order valence-electron chi connectivity index (χ3n) is 5.64. The first-order valence-electron chi connectivity index (χ1n) is 10.0. The maximum absolute atomic E-state index is 13.5. The van der Waals surface area contributed by atoms with E-state index in [1.165, 1.54) is 16.4 Å². The number of anilines is 2. The van der Waals surface area contributed by atoms with E-state index in [0.29, 0.717) is 28.8 Å². The summed E-state index contributed by atoms with van der Waals surface area (Å²) in [4.78, 5) is 2.23. The quantitative estimate of drug-likeness (QED) is 0.451. The minimum absolute atomic E-state index is 0.0187. The van der Waals surface area contributed by atoms with Crippen LogP contribution in [0.1, 0.15) is 17.2 Å². The molecule has 0 bridgehead atoms. The van der Waals surface area contributed by atoms with Gasteiger partial charge in [-0.05, 0) is 66.6 Å². The fourth-order valence-electron chi connectivity index (χ4n) is 4.03. The zero-order valence-electron chi connectivity index (χ0n) is 17.3. The Kier molecular flexibility index (Phi) is 6.61. The van der Waals surface area contributed by atoms with Gasteiger partial charge >= 0.3 is 0 Å². The van der Waals surface area contributed by atoms with Crippen LogP contribution in [0.2, 0.25) is 15.1 Å². The number of halogens is 3. The number of rotatable bonds is 4. The van der Waals surface area contributed by atoms with Crippen LogP contribution in [0.4, 0.5) is 11.4 Å². The third-order valence-corrected chi connectivity index (χ3v) is 8.47. The molecule has 1 unspecified atom stereocenters. The Morgan fingerprint density at radius 3 is 2.28 bits per heavy atom. The third kappa shape index (κ3) is 4.56. The summed E-state index contributed by atoms with van der Waals surface area (Å²) >= 11 is 18.5. The lowest BCUT2D eigenvalue weighted by Gasteiger charge is -2.43. The lowest BCUT2D eigenvalue weighted by atomic mass is 10.0. The Balaban J connectivity index is 1.74. The lowest BCUT2D eigenvalue weighted by Crippen LogP contribution is -2.50. The van der Waals surface area contributed by atoms with E-state index in [4.69, 9.17) is 40.5 Å². The highest BCUT2D eigenvalue weighted by atomic mass is 35.5. The van der Waals surface area contributed by atoms with Gasteiger partial charge < -0.3 is 10.6 Å². The van der Waals surface area contributed by atoms with Gasteiger partial charge in [-0.1, -0.05) is 46.9 Å². The average molecular weight is 511 g/mol. The van der Waals surface area contributed by atoms with Crippen molar-refractivity contribution in [3.05, 3.63) is 86.9 Å². The molecular formula is C23H22Cl3N3O2S. The molecule has 0 radical (unpaired) electrons. The molecule has 0 amide bonds. The Morgan fingerprint density at radius 1 is 0.906 bits per heavy atom. The molecule has 1 saturated heterocycles. The van der Waals surface area contributed by atoms with Crippen molar-refractivity contribution >= 4 is 56.2 Å². The van der Waals surface area contributed by atoms with Crippen molar-refractivity contribution in [3.63, 3.8) is 0 Å². The molecule has 2 N–H and O–H groups in total. The molecule has 1 atom stereocenters. The van der Waals surface area contributed by atoms with Gasteiger partial charge in [0, 0.05) is 41.1 Å². The summed E-state index contributed by atoms with van der Waals surface area (Å²) in [6, 6.07) is 17.5. The zero-order valence-corrected chi connectivity index (χ0v) is 20.4. The number of aryl methyl sites for hydroxylation is 1. The van der Waals surface area contributed by atoms with Gasteiger partial charge in [0.05, 0.1) is 11.1 Å². The molecular weight excluding hydrogens is 489 g/mol. The standard InChI is InChI=1S/C23H22Cl3N3O2S/c1-15-12-18(25)6-9-21(15)29-11-10-28(14-22(29)16-2-4-17(24)5-3-16)32(30,31)23-13-19(27)7-8-20(23)26/h2-9,12-13,22H,10-11,14,27H2,1H3. The molecule has 1 aliphatic rings. The molecule has 1 fully saturated rings. The van der Waals surface area contributed by atoms with E-state index in [2.05, 4.69) is 4.90 Å². The Hall–Kier alpha value is -1.96. The molecule has 0 saturated carbocycles. The van der Waals surface area contributed by atoms with Crippen molar-refractivity contribution in [2.75, 3.05) is 30.3 Å². The van der Waals surface area contributed by atoms with Gasteiger partial charge in [0.25, 0.3) is 0 Å². The van der Waals surface area contributed by atoms with Gasteiger partial charge in [-0.25, -0.2) is 8.42 Å². The first-order valence-corrected chi connectivity index (χ1v) is 12.6. The molecule has 3 aromatic rings. The van der Waals surface area contributed by atoms with Gasteiger partial charge in [-0.15, -0.1) is 0 Å². The summed E-state index contributed by atoms with van der Waals surface area (Å²) in [5.74, 6) is 0. The molecule has 4 rings (SSSR count). The zero-order chi connectivity index (χ0) is 23.0. The van der Waals surface area contributed by atoms with Crippen LogP contribution in [-0.2, 0) is 10.0 Å². The monoisotopic (exact) mass is 509 g/mol. The smallest absolute Gasteiger partial charge is 0.244 e. The van der Waals surface area contributed by atoms with Crippen LogP contribution in [-0.4, -0.2) is 32.4 Å². The van der Waals surface area contributed by atoms with Crippen molar-refractivity contribution in [1.82, 2.24) is 4.31 Å². The van der Waals surface area contributed by atoms with Gasteiger partial charge in [-0.3, -0.25) is 0 Å². The van der Waals surface area contributed by atoms with E-state index in [1.54, 1.807) is 6.07 Å². The van der Waals surface area contributed by atoms with Gasteiger partial charge in [0.1, 0.15) is 4.90 Å². The molecule has 168 valence electrons. The number of sulfonamides is 1. The molecule has 9 heteroatoms. The highest BCUT2D eigenvalue weighted by Crippen LogP contribution is 2.37.